The van der Waals surface area contributed by atoms with Gasteiger partial charge in [-0.15, -0.1) is 0 Å². The largest absolute Gasteiger partial charge is 0.489 e. The Balaban J connectivity index is 1.05. The van der Waals surface area contributed by atoms with Crippen LogP contribution in [0.5, 0.6) is 5.75 Å². The van der Waals surface area contributed by atoms with Crippen LogP contribution in [0.3, 0.4) is 0 Å². The van der Waals surface area contributed by atoms with Crippen molar-refractivity contribution in [2.24, 2.45) is 5.92 Å². The third-order valence-electron chi connectivity index (χ3n) is 7.97. The zero-order chi connectivity index (χ0) is 28.2. The standard InChI is InChI=1S/C31H24Cl3N3O4/c32-23-2-1-3-24(33)27(23)28-22(30(41-37-28)16-5-6-16)14-40-18-7-9-19(25(34)13-18)21-12-17(21)10-15-4-8-20-26(11-15)35-36-29(20)31(38)39/h1-4,7-9,11,13,16-17,21H,5-6,10,12,14H2,(H,35,36)(H,38,39). The number of halogens is 3. The number of fused-ring (bicyclic) bond motifs is 1. The molecule has 2 aliphatic rings. The van der Waals surface area contributed by atoms with E-state index < -0.39 is 5.97 Å². The number of ether oxygens (including phenoxy) is 1. The molecule has 2 heterocycles. The lowest BCUT2D eigenvalue weighted by molar-refractivity contribution is 0.0692. The van der Waals surface area contributed by atoms with Crippen molar-refractivity contribution in [2.75, 3.05) is 0 Å². The Bertz CT molecular complexity index is 1790. The van der Waals surface area contributed by atoms with Gasteiger partial charge in [-0.3, -0.25) is 5.10 Å². The Kier molecular flexibility index (Phi) is 6.69. The molecule has 0 aliphatic heterocycles. The zero-order valence-electron chi connectivity index (χ0n) is 21.7. The number of hydrogen-bond acceptors (Lipinski definition) is 5. The molecule has 3 aromatic carbocycles. The number of benzene rings is 3. The Morgan fingerprint density at radius 3 is 2.59 bits per heavy atom. The summed E-state index contributed by atoms with van der Waals surface area (Å²) in [5.41, 5.74) is 5.12. The number of aromatic nitrogens is 3. The van der Waals surface area contributed by atoms with Crippen molar-refractivity contribution in [2.45, 2.75) is 44.1 Å². The second kappa shape index (κ2) is 10.4. The summed E-state index contributed by atoms with van der Waals surface area (Å²) < 4.78 is 12.0. The number of aromatic carboxylic acids is 1. The molecular formula is C31H24Cl3N3O4. The van der Waals surface area contributed by atoms with E-state index >= 15 is 0 Å². The Morgan fingerprint density at radius 2 is 1.85 bits per heavy atom. The topological polar surface area (TPSA) is 101 Å². The van der Waals surface area contributed by atoms with Gasteiger partial charge >= 0.3 is 5.97 Å². The molecule has 41 heavy (non-hydrogen) atoms. The van der Waals surface area contributed by atoms with Crippen molar-refractivity contribution in [1.82, 2.24) is 15.4 Å². The molecule has 10 heteroatoms. The maximum Gasteiger partial charge on any atom is 0.357 e. The van der Waals surface area contributed by atoms with E-state index in [0.717, 1.165) is 53.7 Å². The number of hydrogen-bond donors (Lipinski definition) is 2. The summed E-state index contributed by atoms with van der Waals surface area (Å²) in [6.45, 7) is 0.258. The lowest BCUT2D eigenvalue weighted by Crippen LogP contribution is -2.00. The quantitative estimate of drug-likeness (QED) is 0.174. The highest BCUT2D eigenvalue weighted by molar-refractivity contribution is 6.39. The van der Waals surface area contributed by atoms with Gasteiger partial charge in [0.05, 0.1) is 21.1 Å². The van der Waals surface area contributed by atoms with E-state index in [-0.39, 0.29) is 12.3 Å². The average Bonchev–Trinajstić information content (AvgIpc) is 3.84. The maximum atomic E-state index is 11.3. The second-order valence-corrected chi connectivity index (χ2v) is 12.0. The number of carboxylic acid groups (broad SMARTS) is 1. The third-order valence-corrected chi connectivity index (χ3v) is 8.93. The van der Waals surface area contributed by atoms with Crippen LogP contribution in [0.4, 0.5) is 0 Å². The highest BCUT2D eigenvalue weighted by Gasteiger charge is 2.39. The molecule has 7 rings (SSSR count). The molecule has 2 N–H and O–H groups in total. The van der Waals surface area contributed by atoms with E-state index in [4.69, 9.17) is 44.1 Å². The molecule has 2 fully saturated rings. The summed E-state index contributed by atoms with van der Waals surface area (Å²) in [5, 5.41) is 22.7. The summed E-state index contributed by atoms with van der Waals surface area (Å²) in [7, 11) is 0. The molecule has 0 amide bonds. The van der Waals surface area contributed by atoms with Gasteiger partial charge in [-0.1, -0.05) is 64.2 Å². The van der Waals surface area contributed by atoms with Gasteiger partial charge in [0.25, 0.3) is 0 Å². The van der Waals surface area contributed by atoms with Gasteiger partial charge in [0.1, 0.15) is 23.8 Å². The van der Waals surface area contributed by atoms with E-state index in [2.05, 4.69) is 15.4 Å². The van der Waals surface area contributed by atoms with E-state index in [9.17, 15) is 9.90 Å². The van der Waals surface area contributed by atoms with Gasteiger partial charge in [0.15, 0.2) is 5.69 Å². The fraction of sp³-hybridized carbons (Fsp3) is 0.258. The summed E-state index contributed by atoms with van der Waals surface area (Å²) >= 11 is 19.7. The van der Waals surface area contributed by atoms with Crippen molar-refractivity contribution in [1.29, 1.82) is 0 Å². The number of H-pyrrole nitrogens is 1. The zero-order valence-corrected chi connectivity index (χ0v) is 23.9. The molecule has 7 nitrogen and oxygen atoms in total. The van der Waals surface area contributed by atoms with Crippen LogP contribution < -0.4 is 4.74 Å². The normalized spacial score (nSPS) is 18.1. The minimum Gasteiger partial charge on any atom is -0.489 e. The predicted molar refractivity (Wildman–Crippen MR) is 157 cm³/mol. The highest BCUT2D eigenvalue weighted by atomic mass is 35.5. The number of nitrogens with zero attached hydrogens (tertiary/aromatic N) is 2. The lowest BCUT2D eigenvalue weighted by atomic mass is 10.0. The predicted octanol–water partition coefficient (Wildman–Crippen LogP) is 8.68. The Morgan fingerprint density at radius 1 is 1.05 bits per heavy atom. The molecule has 2 unspecified atom stereocenters. The van der Waals surface area contributed by atoms with Crippen molar-refractivity contribution >= 4 is 51.7 Å². The summed E-state index contributed by atoms with van der Waals surface area (Å²) in [4.78, 5) is 11.3. The summed E-state index contributed by atoms with van der Waals surface area (Å²) in [5.74, 6) is 1.60. The van der Waals surface area contributed by atoms with Gasteiger partial charge < -0.3 is 14.4 Å². The van der Waals surface area contributed by atoms with Gasteiger partial charge in [0.2, 0.25) is 0 Å². The molecule has 2 aromatic heterocycles. The lowest BCUT2D eigenvalue weighted by Gasteiger charge is -2.11. The molecule has 208 valence electrons. The van der Waals surface area contributed by atoms with Crippen LogP contribution >= 0.6 is 34.8 Å². The van der Waals surface area contributed by atoms with Gasteiger partial charge in [-0.05, 0) is 79.0 Å². The molecule has 0 radical (unpaired) electrons. The molecule has 2 atom stereocenters. The number of rotatable bonds is 9. The first-order chi connectivity index (χ1) is 19.9. The monoisotopic (exact) mass is 607 g/mol. The van der Waals surface area contributed by atoms with Gasteiger partial charge in [-0.2, -0.15) is 5.10 Å². The van der Waals surface area contributed by atoms with E-state index in [1.807, 2.05) is 36.4 Å². The molecular weight excluding hydrogens is 585 g/mol. The van der Waals surface area contributed by atoms with Crippen LogP contribution in [0.25, 0.3) is 22.2 Å². The van der Waals surface area contributed by atoms with Crippen molar-refractivity contribution in [3.63, 3.8) is 0 Å². The van der Waals surface area contributed by atoms with Crippen LogP contribution in [0.1, 0.15) is 64.0 Å². The number of carboxylic acids is 1. The van der Waals surface area contributed by atoms with Crippen LogP contribution in [0.15, 0.2) is 59.1 Å². The van der Waals surface area contributed by atoms with E-state index in [1.165, 1.54) is 0 Å². The van der Waals surface area contributed by atoms with Crippen molar-refractivity contribution < 1.29 is 19.2 Å². The van der Waals surface area contributed by atoms with E-state index in [1.54, 1.807) is 18.2 Å². The van der Waals surface area contributed by atoms with Crippen LogP contribution in [-0.2, 0) is 13.0 Å². The molecule has 0 bridgehead atoms. The molecule has 0 spiro atoms. The summed E-state index contributed by atoms with van der Waals surface area (Å²) in [6, 6.07) is 17.0. The molecule has 2 aliphatic carbocycles. The molecule has 0 saturated heterocycles. The Labute approximate surface area is 250 Å². The van der Waals surface area contributed by atoms with Crippen LogP contribution in [0.2, 0.25) is 15.1 Å². The Hall–Kier alpha value is -3.52. The van der Waals surface area contributed by atoms with Gasteiger partial charge in [0, 0.05) is 21.9 Å². The van der Waals surface area contributed by atoms with Crippen molar-refractivity contribution in [3.05, 3.63) is 97.8 Å². The first-order valence-corrected chi connectivity index (χ1v) is 14.6. The average molecular weight is 609 g/mol. The highest BCUT2D eigenvalue weighted by Crippen LogP contribution is 2.52. The van der Waals surface area contributed by atoms with E-state index in [0.29, 0.717) is 55.2 Å². The second-order valence-electron chi connectivity index (χ2n) is 10.8. The minimum atomic E-state index is -1.04. The number of nitrogens with one attached hydrogen (secondary N) is 1. The molecule has 5 aromatic rings. The van der Waals surface area contributed by atoms with Crippen LogP contribution in [0, 0.1) is 5.92 Å². The first kappa shape index (κ1) is 26.4. The number of aromatic amines is 1. The number of carbonyl (C=O) groups is 1. The minimum absolute atomic E-state index is 0.0432. The summed E-state index contributed by atoms with van der Waals surface area (Å²) in [6.07, 6.45) is 4.02. The maximum absolute atomic E-state index is 11.3. The smallest absolute Gasteiger partial charge is 0.357 e. The molecule has 2 saturated carbocycles. The SMILES string of the molecule is O=C(O)c1n[nH]c2cc(CC3CC3c3ccc(OCc4c(-c5c(Cl)cccc5Cl)noc4C4CC4)cc3Cl)ccc12. The fourth-order valence-corrected chi connectivity index (χ4v) is 6.50. The first-order valence-electron chi connectivity index (χ1n) is 13.4. The third kappa shape index (κ3) is 5.07. The van der Waals surface area contributed by atoms with Gasteiger partial charge in [-0.25, -0.2) is 4.79 Å². The fourth-order valence-electron chi connectivity index (χ4n) is 5.62. The van der Waals surface area contributed by atoms with Crippen molar-refractivity contribution in [3.8, 4) is 17.0 Å². The van der Waals surface area contributed by atoms with Crippen LogP contribution in [-0.4, -0.2) is 26.4 Å².